The zero-order valence-corrected chi connectivity index (χ0v) is 13.5. The van der Waals surface area contributed by atoms with Gasteiger partial charge in [-0.3, -0.25) is 4.79 Å². The van der Waals surface area contributed by atoms with Crippen LogP contribution in [-0.4, -0.2) is 42.6 Å². The minimum atomic E-state index is -0.154. The summed E-state index contributed by atoms with van der Waals surface area (Å²) in [5, 5.41) is 6.83. The smallest absolute Gasteiger partial charge is 0.273 e. The summed E-state index contributed by atoms with van der Waals surface area (Å²) < 4.78 is 5.16. The van der Waals surface area contributed by atoms with Crippen molar-refractivity contribution >= 4 is 5.91 Å². The van der Waals surface area contributed by atoms with Crippen LogP contribution in [0.3, 0.4) is 0 Å². The highest BCUT2D eigenvalue weighted by molar-refractivity contribution is 5.93. The molecule has 1 heterocycles. The van der Waals surface area contributed by atoms with Crippen LogP contribution in [0.15, 0.2) is 4.52 Å². The molecule has 0 aliphatic rings. The Balaban J connectivity index is 2.60. The number of carbonyl (C=O) groups is 1. The lowest BCUT2D eigenvalue weighted by molar-refractivity contribution is 0.0917. The first-order valence-corrected chi connectivity index (χ1v) is 7.22. The highest BCUT2D eigenvalue weighted by Crippen LogP contribution is 2.16. The molecule has 5 nitrogen and oxygen atoms in total. The Morgan fingerprint density at radius 1 is 1.40 bits per heavy atom. The molecule has 0 fully saturated rings. The predicted molar refractivity (Wildman–Crippen MR) is 79.9 cm³/mol. The molecule has 0 aliphatic carbocycles. The summed E-state index contributed by atoms with van der Waals surface area (Å²) >= 11 is 0. The van der Waals surface area contributed by atoms with Gasteiger partial charge >= 0.3 is 0 Å². The fourth-order valence-corrected chi connectivity index (χ4v) is 2.21. The maximum absolute atomic E-state index is 12.1. The number of hydrogen-bond acceptors (Lipinski definition) is 4. The van der Waals surface area contributed by atoms with E-state index in [1.165, 1.54) is 0 Å². The van der Waals surface area contributed by atoms with Crippen LogP contribution in [0.5, 0.6) is 0 Å². The van der Waals surface area contributed by atoms with Gasteiger partial charge in [0.15, 0.2) is 5.69 Å². The van der Waals surface area contributed by atoms with Crippen LogP contribution in [-0.2, 0) is 6.42 Å². The van der Waals surface area contributed by atoms with E-state index in [9.17, 15) is 4.79 Å². The van der Waals surface area contributed by atoms with Gasteiger partial charge in [0.2, 0.25) is 0 Å². The molecule has 114 valence electrons. The molecule has 0 unspecified atom stereocenters. The third-order valence-electron chi connectivity index (χ3n) is 3.52. The second kappa shape index (κ2) is 6.88. The third kappa shape index (κ3) is 4.34. The van der Waals surface area contributed by atoms with Gasteiger partial charge in [-0.25, -0.2) is 0 Å². The van der Waals surface area contributed by atoms with Crippen LogP contribution >= 0.6 is 0 Å². The average Bonchev–Trinajstić information content (AvgIpc) is 2.76. The van der Waals surface area contributed by atoms with Gasteiger partial charge < -0.3 is 14.7 Å². The molecule has 0 atom stereocenters. The lowest BCUT2D eigenvalue weighted by Crippen LogP contribution is -2.41. The quantitative estimate of drug-likeness (QED) is 0.833. The van der Waals surface area contributed by atoms with Crippen molar-refractivity contribution in [1.82, 2.24) is 15.4 Å². The van der Waals surface area contributed by atoms with Crippen molar-refractivity contribution in [3.05, 3.63) is 17.0 Å². The minimum Gasteiger partial charge on any atom is -0.360 e. The number of rotatable bonds is 7. The third-order valence-corrected chi connectivity index (χ3v) is 3.52. The molecule has 1 aromatic rings. The van der Waals surface area contributed by atoms with Gasteiger partial charge in [-0.2, -0.15) is 0 Å². The maximum Gasteiger partial charge on any atom is 0.273 e. The van der Waals surface area contributed by atoms with E-state index >= 15 is 0 Å². The Hall–Kier alpha value is -1.36. The van der Waals surface area contributed by atoms with Crippen molar-refractivity contribution in [2.24, 2.45) is 5.41 Å². The topological polar surface area (TPSA) is 58.4 Å². The van der Waals surface area contributed by atoms with Crippen molar-refractivity contribution < 1.29 is 9.32 Å². The summed E-state index contributed by atoms with van der Waals surface area (Å²) in [7, 11) is 2.08. The van der Waals surface area contributed by atoms with Gasteiger partial charge in [0.05, 0.1) is 0 Å². The molecule has 1 amide bonds. The molecule has 0 bridgehead atoms. The van der Waals surface area contributed by atoms with Gasteiger partial charge in [-0.15, -0.1) is 0 Å². The van der Waals surface area contributed by atoms with E-state index < -0.39 is 0 Å². The Labute approximate surface area is 121 Å². The van der Waals surface area contributed by atoms with E-state index in [-0.39, 0.29) is 11.3 Å². The van der Waals surface area contributed by atoms with E-state index in [0.29, 0.717) is 12.2 Å². The fraction of sp³-hybridized carbons (Fsp3) is 0.733. The Kier molecular flexibility index (Phi) is 5.74. The summed E-state index contributed by atoms with van der Waals surface area (Å²) in [6.07, 6.45) is 0.749. The monoisotopic (exact) mass is 281 g/mol. The first-order valence-electron chi connectivity index (χ1n) is 7.22. The number of nitrogens with one attached hydrogen (secondary N) is 1. The Morgan fingerprint density at radius 3 is 2.55 bits per heavy atom. The van der Waals surface area contributed by atoms with Crippen LogP contribution in [0.25, 0.3) is 0 Å². The lowest BCUT2D eigenvalue weighted by atomic mass is 9.92. The van der Waals surface area contributed by atoms with E-state index in [4.69, 9.17) is 4.52 Å². The van der Waals surface area contributed by atoms with Gasteiger partial charge in [-0.1, -0.05) is 32.9 Å². The normalized spacial score (nSPS) is 11.9. The van der Waals surface area contributed by atoms with Crippen molar-refractivity contribution in [3.8, 4) is 0 Å². The highest BCUT2D eigenvalue weighted by atomic mass is 16.5. The molecule has 0 radical (unpaired) electrons. The second-order valence-electron chi connectivity index (χ2n) is 6.11. The molecule has 0 aliphatic heterocycles. The van der Waals surface area contributed by atoms with Crippen LogP contribution in [0, 0.1) is 12.3 Å². The van der Waals surface area contributed by atoms with Crippen LogP contribution in [0.4, 0.5) is 0 Å². The molecular formula is C15H27N3O2. The van der Waals surface area contributed by atoms with Crippen LogP contribution in [0.2, 0.25) is 0 Å². The summed E-state index contributed by atoms with van der Waals surface area (Å²) in [5.41, 5.74) is 1.26. The molecule has 0 saturated heterocycles. The summed E-state index contributed by atoms with van der Waals surface area (Å²) in [4.78, 5) is 14.4. The standard InChI is InChI=1S/C15H27N3O2/c1-7-12-11(3)13(17-20-12)14(19)16-9-15(4,5)10-18(6)8-2/h7-10H2,1-6H3,(H,16,19). The number of nitrogens with zero attached hydrogens (tertiary/aromatic N) is 2. The van der Waals surface area contributed by atoms with Gasteiger partial charge in [-0.05, 0) is 25.9 Å². The lowest BCUT2D eigenvalue weighted by Gasteiger charge is -2.29. The predicted octanol–water partition coefficient (Wildman–Crippen LogP) is 2.25. The Morgan fingerprint density at radius 2 is 2.05 bits per heavy atom. The molecule has 20 heavy (non-hydrogen) atoms. The highest BCUT2D eigenvalue weighted by Gasteiger charge is 2.23. The number of aromatic nitrogens is 1. The van der Waals surface area contributed by atoms with Gasteiger partial charge in [0.1, 0.15) is 5.76 Å². The molecule has 1 rings (SSSR count). The number of aryl methyl sites for hydroxylation is 1. The zero-order valence-electron chi connectivity index (χ0n) is 13.5. The summed E-state index contributed by atoms with van der Waals surface area (Å²) in [6.45, 7) is 12.8. The van der Waals surface area contributed by atoms with E-state index in [0.717, 1.165) is 30.8 Å². The molecular weight excluding hydrogens is 254 g/mol. The first kappa shape index (κ1) is 16.7. The molecule has 5 heteroatoms. The zero-order chi connectivity index (χ0) is 15.3. The van der Waals surface area contributed by atoms with E-state index in [1.807, 2.05) is 13.8 Å². The summed E-state index contributed by atoms with van der Waals surface area (Å²) in [5.74, 6) is 0.623. The Bertz CT molecular complexity index is 452. The number of carbonyl (C=O) groups excluding carboxylic acids is 1. The van der Waals surface area contributed by atoms with Crippen molar-refractivity contribution in [3.63, 3.8) is 0 Å². The van der Waals surface area contributed by atoms with Crippen LogP contribution in [0.1, 0.15) is 49.5 Å². The second-order valence-corrected chi connectivity index (χ2v) is 6.11. The molecule has 0 aromatic carbocycles. The largest absolute Gasteiger partial charge is 0.360 e. The molecule has 1 N–H and O–H groups in total. The maximum atomic E-state index is 12.1. The van der Waals surface area contributed by atoms with Gasteiger partial charge in [0, 0.05) is 25.1 Å². The van der Waals surface area contributed by atoms with Crippen molar-refractivity contribution in [2.45, 2.75) is 41.0 Å². The molecule has 1 aromatic heterocycles. The fourth-order valence-electron chi connectivity index (χ4n) is 2.21. The number of hydrogen-bond donors (Lipinski definition) is 1. The van der Waals surface area contributed by atoms with E-state index in [2.05, 4.69) is 43.2 Å². The van der Waals surface area contributed by atoms with Crippen molar-refractivity contribution in [1.29, 1.82) is 0 Å². The molecule has 0 spiro atoms. The van der Waals surface area contributed by atoms with Crippen molar-refractivity contribution in [2.75, 3.05) is 26.7 Å². The minimum absolute atomic E-state index is 0.0195. The van der Waals surface area contributed by atoms with Crippen LogP contribution < -0.4 is 5.32 Å². The van der Waals surface area contributed by atoms with Gasteiger partial charge in [0.25, 0.3) is 5.91 Å². The number of amides is 1. The first-order chi connectivity index (χ1) is 9.30. The SMILES string of the molecule is CCc1onc(C(=O)NCC(C)(C)CN(C)CC)c1C. The average molecular weight is 281 g/mol. The van der Waals surface area contributed by atoms with E-state index in [1.54, 1.807) is 0 Å². The molecule has 0 saturated carbocycles. The summed E-state index contributed by atoms with van der Waals surface area (Å²) in [6, 6.07) is 0.